The van der Waals surface area contributed by atoms with Gasteiger partial charge in [-0.25, -0.2) is 9.59 Å². The van der Waals surface area contributed by atoms with Crippen LogP contribution >= 0.6 is 0 Å². The Kier molecular flexibility index (Phi) is 7.13. The molecule has 0 spiro atoms. The number of hydrogen-bond acceptors (Lipinski definition) is 7. The van der Waals surface area contributed by atoms with Crippen molar-refractivity contribution in [3.63, 3.8) is 0 Å². The Morgan fingerprint density at radius 3 is 2.00 bits per heavy atom. The van der Waals surface area contributed by atoms with Gasteiger partial charge in [0.2, 0.25) is 0 Å². The van der Waals surface area contributed by atoms with Crippen LogP contribution in [0.5, 0.6) is 0 Å². The van der Waals surface area contributed by atoms with Crippen molar-refractivity contribution in [3.8, 4) is 0 Å². The van der Waals surface area contributed by atoms with Gasteiger partial charge >= 0.3 is 11.9 Å². The summed E-state index contributed by atoms with van der Waals surface area (Å²) in [5.74, 6) is -1.30. The van der Waals surface area contributed by atoms with E-state index in [1.807, 2.05) is 0 Å². The fraction of sp³-hybridized carbons (Fsp3) is 0.273. The van der Waals surface area contributed by atoms with Crippen LogP contribution in [0.25, 0.3) is 0 Å². The van der Waals surface area contributed by atoms with Crippen molar-refractivity contribution >= 4 is 11.9 Å². The van der Waals surface area contributed by atoms with E-state index < -0.39 is 36.5 Å². The molecule has 152 valence electrons. The molecule has 2 aromatic carbocycles. The summed E-state index contributed by atoms with van der Waals surface area (Å²) in [6, 6.07) is 16.7. The van der Waals surface area contributed by atoms with Crippen molar-refractivity contribution in [2.24, 2.45) is 0 Å². The number of carbonyl (C=O) groups is 2. The Morgan fingerprint density at radius 2 is 1.48 bits per heavy atom. The topological polar surface area (TPSA) is 91.3 Å². The molecule has 0 amide bonds. The van der Waals surface area contributed by atoms with Crippen molar-refractivity contribution in [2.75, 3.05) is 13.2 Å². The van der Waals surface area contributed by atoms with Crippen LogP contribution in [0, 0.1) is 0 Å². The Hall–Kier alpha value is -3.00. The first-order valence-corrected chi connectivity index (χ1v) is 9.14. The highest BCUT2D eigenvalue weighted by molar-refractivity contribution is 5.90. The second kappa shape index (κ2) is 9.97. The molecule has 7 nitrogen and oxygen atoms in total. The smallest absolute Gasteiger partial charge is 0.338 e. The van der Waals surface area contributed by atoms with Gasteiger partial charge in [-0.15, -0.1) is 6.58 Å². The van der Waals surface area contributed by atoms with Crippen LogP contribution in [0.3, 0.4) is 0 Å². The lowest BCUT2D eigenvalue weighted by Crippen LogP contribution is -2.57. The third-order valence-corrected chi connectivity index (χ3v) is 4.29. The van der Waals surface area contributed by atoms with Crippen LogP contribution in [0.15, 0.2) is 73.3 Å². The van der Waals surface area contributed by atoms with Crippen LogP contribution in [0.2, 0.25) is 0 Å². The summed E-state index contributed by atoms with van der Waals surface area (Å²) in [6.45, 7) is 3.56. The van der Waals surface area contributed by atoms with E-state index in [1.165, 1.54) is 6.08 Å². The molecule has 1 N–H and O–H groups in total. The zero-order valence-corrected chi connectivity index (χ0v) is 15.7. The monoisotopic (exact) mass is 398 g/mol. The van der Waals surface area contributed by atoms with Gasteiger partial charge in [-0.05, 0) is 24.3 Å². The minimum atomic E-state index is -1.19. The molecule has 7 heteroatoms. The lowest BCUT2D eigenvalue weighted by Gasteiger charge is -2.39. The summed E-state index contributed by atoms with van der Waals surface area (Å²) in [6.07, 6.45) is -3.05. The summed E-state index contributed by atoms with van der Waals surface area (Å²) >= 11 is 0. The van der Waals surface area contributed by atoms with Crippen molar-refractivity contribution in [2.45, 2.75) is 24.6 Å². The van der Waals surface area contributed by atoms with Gasteiger partial charge in [0.15, 0.2) is 18.5 Å². The highest BCUT2D eigenvalue weighted by Gasteiger charge is 2.46. The largest absolute Gasteiger partial charge is 0.452 e. The minimum absolute atomic E-state index is 0.125. The molecular formula is C22H22O7. The number of hydrogen-bond donors (Lipinski definition) is 1. The summed E-state index contributed by atoms with van der Waals surface area (Å²) in [4.78, 5) is 25.1. The molecule has 0 aromatic heterocycles. The van der Waals surface area contributed by atoms with Gasteiger partial charge in [0.25, 0.3) is 0 Å². The van der Waals surface area contributed by atoms with Gasteiger partial charge in [0, 0.05) is 0 Å². The fourth-order valence-corrected chi connectivity index (χ4v) is 2.86. The Labute approximate surface area is 168 Å². The Balaban J connectivity index is 1.81. The molecule has 1 saturated heterocycles. The Bertz CT molecular complexity index is 822. The van der Waals surface area contributed by atoms with Crippen molar-refractivity contribution in [1.29, 1.82) is 0 Å². The third-order valence-electron chi connectivity index (χ3n) is 4.29. The number of aliphatic hydroxyl groups is 1. The van der Waals surface area contributed by atoms with Crippen LogP contribution in [-0.4, -0.2) is 54.9 Å². The van der Waals surface area contributed by atoms with E-state index in [9.17, 15) is 14.7 Å². The summed E-state index contributed by atoms with van der Waals surface area (Å²) < 4.78 is 22.0. The van der Waals surface area contributed by atoms with E-state index in [0.29, 0.717) is 11.1 Å². The van der Waals surface area contributed by atoms with Crippen LogP contribution in [0.1, 0.15) is 20.7 Å². The summed E-state index contributed by atoms with van der Waals surface area (Å²) in [5.41, 5.74) is 0.617. The predicted molar refractivity (Wildman–Crippen MR) is 103 cm³/mol. The quantitative estimate of drug-likeness (QED) is 0.565. The van der Waals surface area contributed by atoms with Crippen LogP contribution < -0.4 is 0 Å². The number of aliphatic hydroxyl groups excluding tert-OH is 1. The number of esters is 2. The normalized spacial score (nSPS) is 23.8. The van der Waals surface area contributed by atoms with Crippen molar-refractivity contribution < 1.29 is 33.6 Å². The molecular weight excluding hydrogens is 376 g/mol. The molecule has 4 atom stereocenters. The van der Waals surface area contributed by atoms with E-state index >= 15 is 0 Å². The van der Waals surface area contributed by atoms with Crippen molar-refractivity contribution in [1.82, 2.24) is 0 Å². The predicted octanol–water partition coefficient (Wildman–Crippen LogP) is 2.36. The van der Waals surface area contributed by atoms with E-state index in [-0.39, 0.29) is 13.2 Å². The number of rotatable bonds is 7. The molecule has 0 aliphatic carbocycles. The van der Waals surface area contributed by atoms with Gasteiger partial charge in [0.1, 0.15) is 6.10 Å². The average Bonchev–Trinajstić information content (AvgIpc) is 2.76. The molecule has 2 unspecified atom stereocenters. The van der Waals surface area contributed by atoms with Gasteiger partial charge in [-0.2, -0.15) is 0 Å². The highest BCUT2D eigenvalue weighted by atomic mass is 16.7. The lowest BCUT2D eigenvalue weighted by molar-refractivity contribution is -0.265. The minimum Gasteiger partial charge on any atom is -0.452 e. The molecule has 1 heterocycles. The zero-order chi connectivity index (χ0) is 20.6. The first-order chi connectivity index (χ1) is 14.1. The molecule has 0 bridgehead atoms. The first-order valence-electron chi connectivity index (χ1n) is 9.14. The average molecular weight is 398 g/mol. The molecule has 0 radical (unpaired) electrons. The zero-order valence-electron chi connectivity index (χ0n) is 15.7. The van der Waals surface area contributed by atoms with Crippen LogP contribution in [-0.2, 0) is 18.9 Å². The molecule has 1 aliphatic rings. The number of carbonyl (C=O) groups excluding carboxylic acids is 2. The van der Waals surface area contributed by atoms with Gasteiger partial charge in [-0.1, -0.05) is 42.5 Å². The maximum atomic E-state index is 12.6. The third kappa shape index (κ3) is 5.29. The van der Waals surface area contributed by atoms with Gasteiger partial charge in [-0.3, -0.25) is 0 Å². The van der Waals surface area contributed by atoms with E-state index in [1.54, 1.807) is 60.7 Å². The number of benzene rings is 2. The highest BCUT2D eigenvalue weighted by Crippen LogP contribution is 2.25. The maximum Gasteiger partial charge on any atom is 0.338 e. The molecule has 0 saturated carbocycles. The lowest BCUT2D eigenvalue weighted by atomic mass is 10.0. The number of ether oxygens (including phenoxy) is 4. The van der Waals surface area contributed by atoms with E-state index in [0.717, 1.165) is 0 Å². The maximum absolute atomic E-state index is 12.6. The van der Waals surface area contributed by atoms with E-state index in [4.69, 9.17) is 18.9 Å². The second-order valence-corrected chi connectivity index (χ2v) is 6.36. The second-order valence-electron chi connectivity index (χ2n) is 6.36. The molecule has 2 aromatic rings. The van der Waals surface area contributed by atoms with E-state index in [2.05, 4.69) is 6.58 Å². The fourth-order valence-electron chi connectivity index (χ4n) is 2.86. The SMILES string of the molecule is C=CCO[C@@H]1OC[C@@H](O)C(OC(=O)c2ccccc2)C1OC(=O)c1ccccc1. The van der Waals surface area contributed by atoms with Gasteiger partial charge < -0.3 is 24.1 Å². The molecule has 3 rings (SSSR count). The van der Waals surface area contributed by atoms with Crippen molar-refractivity contribution in [3.05, 3.63) is 84.4 Å². The first kappa shape index (κ1) is 20.7. The Morgan fingerprint density at radius 1 is 0.966 bits per heavy atom. The van der Waals surface area contributed by atoms with Crippen LogP contribution in [0.4, 0.5) is 0 Å². The molecule has 29 heavy (non-hydrogen) atoms. The standard InChI is InChI=1S/C22H22O7/c1-2-13-26-22-19(29-21(25)16-11-7-4-8-12-16)18(17(23)14-27-22)28-20(24)15-9-5-3-6-10-15/h2-12,17-19,22-23H,1,13-14H2/t17-,18?,19?,22-/m1/s1. The summed E-state index contributed by atoms with van der Waals surface area (Å²) in [7, 11) is 0. The molecule has 1 fully saturated rings. The van der Waals surface area contributed by atoms with Gasteiger partial charge in [0.05, 0.1) is 24.3 Å². The summed E-state index contributed by atoms with van der Waals surface area (Å²) in [5, 5.41) is 10.4. The molecule has 1 aliphatic heterocycles.